The minimum Gasteiger partial charge on any atom is -0.256 e. The maximum absolute atomic E-state index is 5.00. The van der Waals surface area contributed by atoms with Crippen LogP contribution in [0.2, 0.25) is 19.6 Å². The number of rotatable bonds is 14. The van der Waals surface area contributed by atoms with Crippen LogP contribution in [0.4, 0.5) is 0 Å². The smallest absolute Gasteiger partial charge is 0.179 e. The molecule has 4 heteroatoms. The predicted molar refractivity (Wildman–Crippen MR) is 368 cm³/mol. The number of aromatic nitrogens is 1. The van der Waals surface area contributed by atoms with E-state index in [0.717, 1.165) is 5.69 Å². The van der Waals surface area contributed by atoms with Crippen LogP contribution in [0.5, 0.6) is 0 Å². The van der Waals surface area contributed by atoms with Crippen LogP contribution in [-0.4, -0.2) is 29.2 Å². The van der Waals surface area contributed by atoms with E-state index in [-0.39, 0.29) is 0 Å². The quantitative estimate of drug-likeness (QED) is 0.0781. The maximum Gasteiger partial charge on any atom is 0.179 e. The summed E-state index contributed by atoms with van der Waals surface area (Å²) in [7, 11) is -7.19. The molecule has 12 aromatic carbocycles. The van der Waals surface area contributed by atoms with E-state index in [4.69, 9.17) is 4.98 Å². The summed E-state index contributed by atoms with van der Waals surface area (Å²) in [6.07, 6.45) is 1.92. The van der Waals surface area contributed by atoms with E-state index in [9.17, 15) is 0 Å². The lowest BCUT2D eigenvalue weighted by Crippen LogP contribution is -2.76. The fraction of sp³-hybridized carbons (Fsp3) is 0.0375. The molecule has 0 aliphatic heterocycles. The summed E-state index contributed by atoms with van der Waals surface area (Å²) in [5.74, 6) is 0. The molecule has 1 heterocycles. The molecule has 1 aromatic heterocycles. The molecular formula is C80H67NSi3. The van der Waals surface area contributed by atoms with Crippen molar-refractivity contribution in [3.05, 3.63) is 352 Å². The molecule has 0 radical (unpaired) electrons. The molecule has 1 nitrogen and oxygen atoms in total. The molecule has 0 aliphatic rings. The third-order valence-corrected chi connectivity index (χ3v) is 28.0. The van der Waals surface area contributed by atoms with Gasteiger partial charge in [-0.25, -0.2) is 0 Å². The maximum atomic E-state index is 5.00. The molecule has 13 rings (SSSR count). The number of benzene rings is 12. The van der Waals surface area contributed by atoms with Crippen LogP contribution in [0.1, 0.15) is 0 Å². The predicted octanol–water partition coefficient (Wildman–Crippen LogP) is 14.4. The molecule has 0 spiro atoms. The zero-order valence-corrected chi connectivity index (χ0v) is 50.9. The summed E-state index contributed by atoms with van der Waals surface area (Å²) in [6, 6.07) is 127. The highest BCUT2D eigenvalue weighted by Gasteiger charge is 2.44. The van der Waals surface area contributed by atoms with E-state index < -0.39 is 24.2 Å². The minimum absolute atomic E-state index is 1.02. The lowest BCUT2D eigenvalue weighted by atomic mass is 9.79. The van der Waals surface area contributed by atoms with E-state index in [2.05, 4.69) is 359 Å². The van der Waals surface area contributed by atoms with E-state index >= 15 is 0 Å². The Morgan fingerprint density at radius 2 is 0.417 bits per heavy atom. The Morgan fingerprint density at radius 1 is 0.202 bits per heavy atom. The van der Waals surface area contributed by atoms with Crippen LogP contribution >= 0.6 is 0 Å². The van der Waals surface area contributed by atoms with Gasteiger partial charge in [-0.2, -0.15) is 0 Å². The lowest BCUT2D eigenvalue weighted by molar-refractivity contribution is 1.33. The molecule has 0 unspecified atom stereocenters. The molecule has 0 N–H and O–H groups in total. The second-order valence-electron chi connectivity index (χ2n) is 22.5. The van der Waals surface area contributed by atoms with Gasteiger partial charge < -0.3 is 0 Å². The molecule has 0 saturated heterocycles. The first kappa shape index (κ1) is 55.0. The molecule has 0 atom stereocenters. The zero-order chi connectivity index (χ0) is 57.2. The number of nitrogens with zero attached hydrogens (tertiary/aromatic N) is 1. The van der Waals surface area contributed by atoms with Crippen LogP contribution in [0.3, 0.4) is 0 Å². The van der Waals surface area contributed by atoms with Crippen LogP contribution in [0.15, 0.2) is 352 Å². The largest absolute Gasteiger partial charge is 0.256 e. The Labute approximate surface area is 500 Å². The van der Waals surface area contributed by atoms with Crippen molar-refractivity contribution < 1.29 is 0 Å². The molecule has 0 aliphatic carbocycles. The minimum atomic E-state index is -2.60. The molecule has 0 bridgehead atoms. The molecule has 84 heavy (non-hydrogen) atoms. The summed E-state index contributed by atoms with van der Waals surface area (Å²) in [5, 5.41) is 12.6. The zero-order valence-electron chi connectivity index (χ0n) is 47.9. The summed E-state index contributed by atoms with van der Waals surface area (Å²) < 4.78 is 0. The van der Waals surface area contributed by atoms with Crippen molar-refractivity contribution in [3.8, 4) is 55.8 Å². The summed E-state index contributed by atoms with van der Waals surface area (Å²) in [4.78, 5) is 5.00. The third-order valence-electron chi connectivity index (χ3n) is 16.4. The fourth-order valence-corrected chi connectivity index (χ4v) is 24.5. The Morgan fingerprint density at radius 3 is 0.667 bits per heavy atom. The van der Waals surface area contributed by atoms with E-state index in [1.165, 1.54) is 96.8 Å². The van der Waals surface area contributed by atoms with Crippen LogP contribution in [0, 0.1) is 0 Å². The van der Waals surface area contributed by atoms with Crippen LogP contribution in [0.25, 0.3) is 55.8 Å². The molecule has 0 amide bonds. The highest BCUT2D eigenvalue weighted by Crippen LogP contribution is 2.50. The normalized spacial score (nSPS) is 11.5. The topological polar surface area (TPSA) is 12.9 Å². The van der Waals surface area contributed by atoms with Gasteiger partial charge in [0, 0.05) is 11.8 Å². The lowest BCUT2D eigenvalue weighted by Gasteiger charge is -2.37. The molecule has 0 saturated carbocycles. The first-order valence-corrected chi connectivity index (χ1v) is 36.7. The Hall–Kier alpha value is -9.56. The molecule has 13 aromatic rings. The van der Waals surface area contributed by atoms with Gasteiger partial charge in [0.2, 0.25) is 0 Å². The standard InChI is InChI=1S/C42H34Si2.C38H33NSi/c1-7-19-35(20-8-1)43(36-21-9-2-10-22-36,37-23-11-3-12-24-37)41-31-33-42(34-32-41)44(38-25-13-4-14-26-38,39-27-15-5-16-28-39)40-29-17-6-18-30-40;1-40(2,3)38-36(31-24-14-7-15-25-31)34(29-20-10-5-11-21-29)33(28-18-8-4-9-19-28)35(30-22-12-6-13-23-30)37(38)32-26-16-17-27-39-32/h1-34H;4-27H,1-3H3. The van der Waals surface area contributed by atoms with Gasteiger partial charge in [0.15, 0.2) is 16.1 Å². The summed E-state index contributed by atoms with van der Waals surface area (Å²) in [6.45, 7) is 7.40. The Balaban J connectivity index is 0.000000166. The van der Waals surface area contributed by atoms with Crippen molar-refractivity contribution in [2.24, 2.45) is 0 Å². The highest BCUT2D eigenvalue weighted by molar-refractivity contribution is 7.21. The van der Waals surface area contributed by atoms with Crippen molar-refractivity contribution >= 4 is 70.9 Å². The highest BCUT2D eigenvalue weighted by atomic mass is 28.3. The first-order chi connectivity index (χ1) is 41.4. The van der Waals surface area contributed by atoms with Gasteiger partial charge in [0.25, 0.3) is 0 Å². The number of pyridine rings is 1. The Kier molecular flexibility index (Phi) is 16.3. The average molecular weight is 1130 g/mol. The second-order valence-corrected chi connectivity index (χ2v) is 35.1. The van der Waals surface area contributed by atoms with E-state index in [1.807, 2.05) is 12.3 Å². The van der Waals surface area contributed by atoms with Crippen molar-refractivity contribution in [3.63, 3.8) is 0 Å². The number of hydrogen-bond donors (Lipinski definition) is 0. The van der Waals surface area contributed by atoms with Gasteiger partial charge in [-0.3, -0.25) is 4.98 Å². The SMILES string of the molecule is C[Si](C)(C)c1c(-c2ccccc2)c(-c2ccccc2)c(-c2ccccc2)c(-c2ccccc2)c1-c1ccccn1.c1ccc([Si](c2ccccc2)(c2ccccc2)c2ccc([Si](c3ccccc3)(c3ccccc3)c3ccccc3)cc2)cc1. The van der Waals surface area contributed by atoms with Crippen molar-refractivity contribution in [2.75, 3.05) is 0 Å². The fourth-order valence-electron chi connectivity index (χ4n) is 12.9. The van der Waals surface area contributed by atoms with Crippen molar-refractivity contribution in [1.29, 1.82) is 0 Å². The van der Waals surface area contributed by atoms with E-state index in [1.54, 1.807) is 0 Å². The van der Waals surface area contributed by atoms with E-state index in [0.29, 0.717) is 0 Å². The van der Waals surface area contributed by atoms with Crippen molar-refractivity contribution in [2.45, 2.75) is 19.6 Å². The molecule has 404 valence electrons. The van der Waals surface area contributed by atoms with Gasteiger partial charge in [-0.1, -0.05) is 353 Å². The van der Waals surface area contributed by atoms with Gasteiger partial charge >= 0.3 is 0 Å². The van der Waals surface area contributed by atoms with Crippen LogP contribution < -0.4 is 46.7 Å². The third kappa shape index (κ3) is 10.6. The first-order valence-electron chi connectivity index (χ1n) is 29.2. The summed E-state index contributed by atoms with van der Waals surface area (Å²) >= 11 is 0. The van der Waals surface area contributed by atoms with Gasteiger partial charge in [0.1, 0.15) is 0 Å². The monoisotopic (exact) mass is 1130 g/mol. The second kappa shape index (κ2) is 24.9. The molecule has 0 fully saturated rings. The summed E-state index contributed by atoms with van der Waals surface area (Å²) in [5.41, 5.74) is 12.3. The average Bonchev–Trinajstić information content (AvgIpc) is 1.66. The van der Waals surface area contributed by atoms with Crippen molar-refractivity contribution in [1.82, 2.24) is 4.98 Å². The van der Waals surface area contributed by atoms with Crippen LogP contribution in [-0.2, 0) is 0 Å². The van der Waals surface area contributed by atoms with Gasteiger partial charge in [-0.05, 0) is 103 Å². The Bertz CT molecular complexity index is 3750. The van der Waals surface area contributed by atoms with Gasteiger partial charge in [-0.15, -0.1) is 0 Å². The molecular weight excluding hydrogens is 1060 g/mol. The van der Waals surface area contributed by atoms with Gasteiger partial charge in [0.05, 0.1) is 13.8 Å². The number of hydrogen-bond acceptors (Lipinski definition) is 1.